The molecule has 1 atom stereocenters. The third kappa shape index (κ3) is 2.98. The summed E-state index contributed by atoms with van der Waals surface area (Å²) in [7, 11) is 0. The fraction of sp³-hybridized carbons (Fsp3) is 0.381. The van der Waals surface area contributed by atoms with Gasteiger partial charge in [0.15, 0.2) is 0 Å². The maximum Gasteiger partial charge on any atom is 0.132 e. The minimum Gasteiger partial charge on any atom is -0.356 e. The highest BCUT2D eigenvalue weighted by Gasteiger charge is 2.37. The fourth-order valence-corrected chi connectivity index (χ4v) is 4.87. The molecule has 0 aliphatic carbocycles. The number of fused-ring (bicyclic) bond motifs is 1. The van der Waals surface area contributed by atoms with E-state index in [0.29, 0.717) is 0 Å². The molecule has 2 aromatic carbocycles. The first kappa shape index (κ1) is 15.8. The van der Waals surface area contributed by atoms with Gasteiger partial charge >= 0.3 is 0 Å². The van der Waals surface area contributed by atoms with Crippen LogP contribution in [0.5, 0.6) is 0 Å². The maximum atomic E-state index is 5.22. The normalized spacial score (nSPS) is 22.5. The van der Waals surface area contributed by atoms with E-state index in [4.69, 9.17) is 4.99 Å². The zero-order valence-electron chi connectivity index (χ0n) is 14.2. The smallest absolute Gasteiger partial charge is 0.132 e. The molecule has 1 unspecified atom stereocenters. The van der Waals surface area contributed by atoms with E-state index in [-0.39, 0.29) is 5.54 Å². The first-order valence-electron chi connectivity index (χ1n) is 8.83. The van der Waals surface area contributed by atoms with Gasteiger partial charge in [-0.25, -0.2) is 0 Å². The van der Waals surface area contributed by atoms with Crippen molar-refractivity contribution in [3.05, 3.63) is 71.3 Å². The molecule has 2 aliphatic rings. The molecule has 24 heavy (non-hydrogen) atoms. The van der Waals surface area contributed by atoms with E-state index in [0.717, 1.165) is 24.6 Å². The number of rotatable bonds is 4. The lowest BCUT2D eigenvalue weighted by molar-refractivity contribution is 0.507. The molecule has 4 rings (SSSR count). The summed E-state index contributed by atoms with van der Waals surface area (Å²) in [6.45, 7) is 4.60. The fourth-order valence-electron chi connectivity index (χ4n) is 3.72. The highest BCUT2D eigenvalue weighted by Crippen LogP contribution is 2.39. The van der Waals surface area contributed by atoms with Crippen molar-refractivity contribution in [2.75, 3.05) is 18.8 Å². The van der Waals surface area contributed by atoms with Gasteiger partial charge in [0.1, 0.15) is 5.84 Å². The van der Waals surface area contributed by atoms with Crippen molar-refractivity contribution in [1.82, 2.24) is 4.90 Å². The lowest BCUT2D eigenvalue weighted by atomic mass is 9.93. The van der Waals surface area contributed by atoms with Crippen molar-refractivity contribution < 1.29 is 0 Å². The number of benzene rings is 2. The first-order chi connectivity index (χ1) is 11.8. The third-order valence-corrected chi connectivity index (χ3v) is 6.30. The molecule has 0 bridgehead atoms. The van der Waals surface area contributed by atoms with Gasteiger partial charge in [-0.1, -0.05) is 54.6 Å². The molecule has 124 valence electrons. The number of nitrogens with zero attached hydrogens (tertiary/aromatic N) is 2. The van der Waals surface area contributed by atoms with Crippen molar-refractivity contribution in [1.29, 1.82) is 0 Å². The number of amidine groups is 1. The second-order valence-corrected chi connectivity index (χ2v) is 7.91. The van der Waals surface area contributed by atoms with E-state index >= 15 is 0 Å². The largest absolute Gasteiger partial charge is 0.356 e. The first-order valence-corrected chi connectivity index (χ1v) is 9.98. The highest BCUT2D eigenvalue weighted by atomic mass is 32.2. The van der Waals surface area contributed by atoms with Crippen LogP contribution in [0.15, 0.2) is 59.6 Å². The Hall–Kier alpha value is -1.74. The van der Waals surface area contributed by atoms with E-state index in [1.54, 1.807) is 0 Å². The van der Waals surface area contributed by atoms with Gasteiger partial charge < -0.3 is 4.90 Å². The van der Waals surface area contributed by atoms with Crippen LogP contribution in [0.1, 0.15) is 36.5 Å². The van der Waals surface area contributed by atoms with Crippen LogP contribution in [0.2, 0.25) is 0 Å². The molecule has 2 nitrogen and oxygen atoms in total. The van der Waals surface area contributed by atoms with Crippen LogP contribution in [0.4, 0.5) is 0 Å². The van der Waals surface area contributed by atoms with Crippen molar-refractivity contribution in [2.45, 2.75) is 31.1 Å². The lowest BCUT2D eigenvalue weighted by Crippen LogP contribution is -2.27. The van der Waals surface area contributed by atoms with Crippen LogP contribution in [0.3, 0.4) is 0 Å². The molecule has 0 spiro atoms. The van der Waals surface area contributed by atoms with Crippen molar-refractivity contribution in [3.63, 3.8) is 0 Å². The number of thioether (sulfide) groups is 1. The second-order valence-electron chi connectivity index (χ2n) is 6.93. The van der Waals surface area contributed by atoms with Crippen LogP contribution in [0, 0.1) is 0 Å². The zero-order valence-corrected chi connectivity index (χ0v) is 15.1. The Kier molecular flexibility index (Phi) is 4.36. The van der Waals surface area contributed by atoms with Crippen molar-refractivity contribution in [3.8, 4) is 0 Å². The molecule has 0 N–H and O–H groups in total. The lowest BCUT2D eigenvalue weighted by Gasteiger charge is -2.22. The van der Waals surface area contributed by atoms with Gasteiger partial charge in [0.2, 0.25) is 0 Å². The minimum absolute atomic E-state index is 0.103. The molecule has 0 saturated carbocycles. The molecule has 2 aromatic rings. The van der Waals surface area contributed by atoms with Gasteiger partial charge in [0.25, 0.3) is 0 Å². The summed E-state index contributed by atoms with van der Waals surface area (Å²) in [6, 6.07) is 19.5. The Labute approximate surface area is 149 Å². The number of hydrogen-bond donors (Lipinski definition) is 0. The summed E-state index contributed by atoms with van der Waals surface area (Å²) in [6.07, 6.45) is 2.58. The molecular weight excluding hydrogens is 312 g/mol. The summed E-state index contributed by atoms with van der Waals surface area (Å²) in [5, 5.41) is 0. The molecule has 0 radical (unpaired) electrons. The molecule has 2 aliphatic heterocycles. The topological polar surface area (TPSA) is 15.6 Å². The summed E-state index contributed by atoms with van der Waals surface area (Å²) in [4.78, 5) is 7.70. The predicted molar refractivity (Wildman–Crippen MR) is 104 cm³/mol. The summed E-state index contributed by atoms with van der Waals surface area (Å²) >= 11 is 1.99. The third-order valence-electron chi connectivity index (χ3n) is 5.00. The number of hydrogen-bond acceptors (Lipinski definition) is 3. The summed E-state index contributed by atoms with van der Waals surface area (Å²) in [5.74, 6) is 3.30. The van der Waals surface area contributed by atoms with Crippen LogP contribution in [-0.2, 0) is 11.3 Å². The zero-order chi connectivity index (χ0) is 16.4. The molecule has 1 fully saturated rings. The van der Waals surface area contributed by atoms with E-state index in [1.807, 2.05) is 11.8 Å². The Morgan fingerprint density at radius 1 is 1.00 bits per heavy atom. The van der Waals surface area contributed by atoms with E-state index in [9.17, 15) is 0 Å². The molecule has 0 aromatic heterocycles. The molecule has 1 saturated heterocycles. The monoisotopic (exact) mass is 336 g/mol. The molecule has 0 amide bonds. The Morgan fingerprint density at radius 3 is 2.50 bits per heavy atom. The SMILES string of the molecule is CC1(CSCc2ccccc2)N=C(N2CCCC2)c2ccccc21. The van der Waals surface area contributed by atoms with Crippen LogP contribution < -0.4 is 0 Å². The second kappa shape index (κ2) is 6.64. The minimum atomic E-state index is -0.103. The van der Waals surface area contributed by atoms with E-state index in [2.05, 4.69) is 66.4 Å². The van der Waals surface area contributed by atoms with E-state index < -0.39 is 0 Å². The average molecular weight is 337 g/mol. The summed E-state index contributed by atoms with van der Waals surface area (Å²) in [5.41, 5.74) is 4.03. The number of likely N-dealkylation sites (tertiary alicyclic amines) is 1. The summed E-state index contributed by atoms with van der Waals surface area (Å²) < 4.78 is 0. The highest BCUT2D eigenvalue weighted by molar-refractivity contribution is 7.98. The van der Waals surface area contributed by atoms with Gasteiger partial charge in [-0.15, -0.1) is 0 Å². The quantitative estimate of drug-likeness (QED) is 0.805. The molecular formula is C21H24N2S. The van der Waals surface area contributed by atoms with Gasteiger partial charge in [0.05, 0.1) is 5.54 Å². The van der Waals surface area contributed by atoms with Gasteiger partial charge in [-0.05, 0) is 30.9 Å². The van der Waals surface area contributed by atoms with Gasteiger partial charge in [-0.3, -0.25) is 4.99 Å². The van der Waals surface area contributed by atoms with Gasteiger partial charge in [-0.2, -0.15) is 11.8 Å². The van der Waals surface area contributed by atoms with Crippen LogP contribution in [-0.4, -0.2) is 29.6 Å². The van der Waals surface area contributed by atoms with Crippen LogP contribution in [0.25, 0.3) is 0 Å². The Balaban J connectivity index is 1.54. The predicted octanol–water partition coefficient (Wildman–Crippen LogP) is 4.69. The maximum absolute atomic E-state index is 5.22. The van der Waals surface area contributed by atoms with Crippen LogP contribution >= 0.6 is 11.8 Å². The Bertz CT molecular complexity index is 735. The van der Waals surface area contributed by atoms with Gasteiger partial charge in [0, 0.05) is 30.2 Å². The van der Waals surface area contributed by atoms with Crippen molar-refractivity contribution >= 4 is 17.6 Å². The van der Waals surface area contributed by atoms with Crippen molar-refractivity contribution in [2.24, 2.45) is 4.99 Å². The molecule has 2 heterocycles. The standard InChI is InChI=1S/C21H24N2S/c1-21(16-24-15-17-9-3-2-4-10-17)19-12-6-5-11-18(19)20(22-21)23-13-7-8-14-23/h2-6,9-12H,7-8,13-16H2,1H3. The number of aliphatic imine (C=N–C) groups is 1. The Morgan fingerprint density at radius 2 is 1.71 bits per heavy atom. The average Bonchev–Trinajstić information content (AvgIpc) is 3.24. The van der Waals surface area contributed by atoms with E-state index in [1.165, 1.54) is 35.4 Å². The molecule has 3 heteroatoms.